The molecule has 90 valence electrons. The lowest BCUT2D eigenvalue weighted by Crippen LogP contribution is -2.47. The van der Waals surface area contributed by atoms with Crippen LogP contribution in [0.5, 0.6) is 0 Å². The van der Waals surface area contributed by atoms with Crippen molar-refractivity contribution in [1.29, 1.82) is 5.26 Å². The summed E-state index contributed by atoms with van der Waals surface area (Å²) in [6, 6.07) is 2.29. The molecule has 0 aromatic heterocycles. The molecule has 16 heavy (non-hydrogen) atoms. The third-order valence-corrected chi connectivity index (χ3v) is 3.09. The van der Waals surface area contributed by atoms with Gasteiger partial charge in [-0.25, -0.2) is 0 Å². The highest BCUT2D eigenvalue weighted by Gasteiger charge is 2.29. The van der Waals surface area contributed by atoms with Crippen molar-refractivity contribution in [3.63, 3.8) is 0 Å². The van der Waals surface area contributed by atoms with Crippen LogP contribution in [0.3, 0.4) is 0 Å². The van der Waals surface area contributed by atoms with E-state index in [1.54, 1.807) is 0 Å². The van der Waals surface area contributed by atoms with Gasteiger partial charge >= 0.3 is 0 Å². The zero-order valence-electron chi connectivity index (χ0n) is 10.1. The average molecular weight is 223 g/mol. The lowest BCUT2D eigenvalue weighted by atomic mass is 10.0. The van der Waals surface area contributed by atoms with Crippen molar-refractivity contribution in [3.05, 3.63) is 0 Å². The molecule has 1 fully saturated rings. The smallest absolute Gasteiger partial charge is 0.236 e. The lowest BCUT2D eigenvalue weighted by molar-refractivity contribution is -0.122. The second-order valence-electron chi connectivity index (χ2n) is 4.45. The van der Waals surface area contributed by atoms with Crippen LogP contribution in [0.15, 0.2) is 0 Å². The number of hydrogen-bond acceptors (Lipinski definition) is 3. The molecule has 0 aliphatic heterocycles. The highest BCUT2D eigenvalue weighted by molar-refractivity contribution is 5.81. The fourth-order valence-corrected chi connectivity index (χ4v) is 2.11. The van der Waals surface area contributed by atoms with Crippen molar-refractivity contribution in [2.24, 2.45) is 5.92 Å². The number of nitrogens with zero attached hydrogens (tertiary/aromatic N) is 1. The SMILES string of the molecule is CCCNC(=O)C(C)NC1CCCC1C#N. The summed E-state index contributed by atoms with van der Waals surface area (Å²) in [4.78, 5) is 11.6. The number of nitrogens with one attached hydrogen (secondary N) is 2. The predicted molar refractivity (Wildman–Crippen MR) is 62.6 cm³/mol. The molecule has 0 heterocycles. The predicted octanol–water partition coefficient (Wildman–Crippen LogP) is 1.18. The molecule has 3 unspecified atom stereocenters. The molecular formula is C12H21N3O. The second kappa shape index (κ2) is 6.49. The van der Waals surface area contributed by atoms with Gasteiger partial charge in [0.15, 0.2) is 0 Å². The van der Waals surface area contributed by atoms with Crippen molar-refractivity contribution in [1.82, 2.24) is 10.6 Å². The normalized spacial score (nSPS) is 26.1. The van der Waals surface area contributed by atoms with Gasteiger partial charge in [-0.1, -0.05) is 13.3 Å². The standard InChI is InChI=1S/C12H21N3O/c1-3-7-14-12(16)9(2)15-11-6-4-5-10(11)8-13/h9-11,15H,3-7H2,1-2H3,(H,14,16). The van der Waals surface area contributed by atoms with Gasteiger partial charge in [-0.2, -0.15) is 5.26 Å². The molecular weight excluding hydrogens is 202 g/mol. The molecule has 1 saturated carbocycles. The molecule has 0 saturated heterocycles. The number of amides is 1. The maximum atomic E-state index is 11.6. The monoisotopic (exact) mass is 223 g/mol. The summed E-state index contributed by atoms with van der Waals surface area (Å²) in [6.07, 6.45) is 3.99. The third-order valence-electron chi connectivity index (χ3n) is 3.09. The summed E-state index contributed by atoms with van der Waals surface area (Å²) in [6.45, 7) is 4.61. The Bertz CT molecular complexity index is 272. The summed E-state index contributed by atoms with van der Waals surface area (Å²) >= 11 is 0. The van der Waals surface area contributed by atoms with Crippen molar-refractivity contribution in [2.45, 2.75) is 51.6 Å². The summed E-state index contributed by atoms with van der Waals surface area (Å²) < 4.78 is 0. The Hall–Kier alpha value is -1.08. The van der Waals surface area contributed by atoms with Gasteiger partial charge in [0.1, 0.15) is 0 Å². The van der Waals surface area contributed by atoms with Gasteiger partial charge in [0.25, 0.3) is 0 Å². The van der Waals surface area contributed by atoms with E-state index in [2.05, 4.69) is 16.7 Å². The van der Waals surface area contributed by atoms with Crippen LogP contribution < -0.4 is 10.6 Å². The first kappa shape index (κ1) is 13.0. The van der Waals surface area contributed by atoms with E-state index in [0.717, 1.165) is 32.2 Å². The molecule has 3 atom stereocenters. The first-order valence-corrected chi connectivity index (χ1v) is 6.12. The number of hydrogen-bond donors (Lipinski definition) is 2. The Balaban J connectivity index is 2.35. The van der Waals surface area contributed by atoms with Gasteiger partial charge in [0.2, 0.25) is 5.91 Å². The molecule has 2 N–H and O–H groups in total. The van der Waals surface area contributed by atoms with Crippen molar-refractivity contribution in [2.75, 3.05) is 6.54 Å². The van der Waals surface area contributed by atoms with Crippen LogP contribution in [0, 0.1) is 17.2 Å². The molecule has 0 aromatic carbocycles. The minimum atomic E-state index is -0.203. The molecule has 4 heteroatoms. The maximum absolute atomic E-state index is 11.6. The van der Waals surface area contributed by atoms with Gasteiger partial charge in [0.05, 0.1) is 18.0 Å². The number of rotatable bonds is 5. The molecule has 1 rings (SSSR count). The first-order chi connectivity index (χ1) is 7.69. The first-order valence-electron chi connectivity index (χ1n) is 6.12. The van der Waals surface area contributed by atoms with E-state index in [1.165, 1.54) is 0 Å². The number of carbonyl (C=O) groups excluding carboxylic acids is 1. The fraction of sp³-hybridized carbons (Fsp3) is 0.833. The summed E-state index contributed by atoms with van der Waals surface area (Å²) in [5, 5.41) is 15.0. The minimum Gasteiger partial charge on any atom is -0.355 e. The van der Waals surface area contributed by atoms with Crippen LogP contribution in [0.4, 0.5) is 0 Å². The summed E-state index contributed by atoms with van der Waals surface area (Å²) in [7, 11) is 0. The van der Waals surface area contributed by atoms with Gasteiger partial charge in [-0.3, -0.25) is 4.79 Å². The molecule has 1 amide bonds. The largest absolute Gasteiger partial charge is 0.355 e. The molecule has 1 aliphatic rings. The Labute approximate surface area is 97.4 Å². The average Bonchev–Trinajstić information content (AvgIpc) is 2.72. The van der Waals surface area contributed by atoms with Crippen LogP contribution in [0.1, 0.15) is 39.5 Å². The maximum Gasteiger partial charge on any atom is 0.236 e. The van der Waals surface area contributed by atoms with E-state index in [0.29, 0.717) is 0 Å². The van der Waals surface area contributed by atoms with E-state index in [-0.39, 0.29) is 23.9 Å². The van der Waals surface area contributed by atoms with Crippen molar-refractivity contribution in [3.8, 4) is 6.07 Å². The van der Waals surface area contributed by atoms with Crippen LogP contribution in [-0.4, -0.2) is 24.5 Å². The van der Waals surface area contributed by atoms with Crippen molar-refractivity contribution >= 4 is 5.91 Å². The zero-order chi connectivity index (χ0) is 12.0. The molecule has 0 radical (unpaired) electrons. The van der Waals surface area contributed by atoms with E-state index >= 15 is 0 Å². The van der Waals surface area contributed by atoms with Gasteiger partial charge in [-0.15, -0.1) is 0 Å². The Morgan fingerprint density at radius 2 is 2.31 bits per heavy atom. The zero-order valence-corrected chi connectivity index (χ0v) is 10.1. The topological polar surface area (TPSA) is 64.9 Å². The third kappa shape index (κ3) is 3.49. The quantitative estimate of drug-likeness (QED) is 0.735. The molecule has 0 spiro atoms. The second-order valence-corrected chi connectivity index (χ2v) is 4.45. The Kier molecular flexibility index (Phi) is 5.27. The van der Waals surface area contributed by atoms with Crippen LogP contribution >= 0.6 is 0 Å². The van der Waals surface area contributed by atoms with Crippen LogP contribution in [-0.2, 0) is 4.79 Å². The van der Waals surface area contributed by atoms with Gasteiger partial charge < -0.3 is 10.6 Å². The van der Waals surface area contributed by atoms with E-state index in [1.807, 2.05) is 13.8 Å². The van der Waals surface area contributed by atoms with Crippen LogP contribution in [0.2, 0.25) is 0 Å². The van der Waals surface area contributed by atoms with E-state index in [9.17, 15) is 4.79 Å². The minimum absolute atomic E-state index is 0.0328. The molecule has 1 aliphatic carbocycles. The summed E-state index contributed by atoms with van der Waals surface area (Å²) in [5.74, 6) is 0.104. The lowest BCUT2D eigenvalue weighted by Gasteiger charge is -2.20. The van der Waals surface area contributed by atoms with Gasteiger partial charge in [0, 0.05) is 12.6 Å². The molecule has 0 aromatic rings. The summed E-state index contributed by atoms with van der Waals surface area (Å²) in [5.41, 5.74) is 0. The highest BCUT2D eigenvalue weighted by Crippen LogP contribution is 2.25. The van der Waals surface area contributed by atoms with E-state index < -0.39 is 0 Å². The molecule has 4 nitrogen and oxygen atoms in total. The number of carbonyl (C=O) groups is 1. The fourth-order valence-electron chi connectivity index (χ4n) is 2.11. The Morgan fingerprint density at radius 3 is 2.94 bits per heavy atom. The van der Waals surface area contributed by atoms with E-state index in [4.69, 9.17) is 5.26 Å². The molecule has 0 bridgehead atoms. The van der Waals surface area contributed by atoms with Gasteiger partial charge in [-0.05, 0) is 26.2 Å². The Morgan fingerprint density at radius 1 is 1.56 bits per heavy atom. The van der Waals surface area contributed by atoms with Crippen molar-refractivity contribution < 1.29 is 4.79 Å². The van der Waals surface area contributed by atoms with Crippen LogP contribution in [0.25, 0.3) is 0 Å². The highest BCUT2D eigenvalue weighted by atomic mass is 16.2. The number of nitriles is 1.